The first-order valence-electron chi connectivity index (χ1n) is 6.87. The van der Waals surface area contributed by atoms with E-state index in [-0.39, 0.29) is 6.10 Å². The third kappa shape index (κ3) is 5.00. The summed E-state index contributed by atoms with van der Waals surface area (Å²) in [6.07, 6.45) is 5.31. The first-order chi connectivity index (χ1) is 8.67. The van der Waals surface area contributed by atoms with Gasteiger partial charge in [0.2, 0.25) is 0 Å². The number of aromatic nitrogens is 2. The minimum absolute atomic E-state index is 0.179. The molecule has 1 heterocycles. The van der Waals surface area contributed by atoms with Gasteiger partial charge in [-0.05, 0) is 33.2 Å². The van der Waals surface area contributed by atoms with Crippen LogP contribution in [0.5, 0.6) is 6.01 Å². The van der Waals surface area contributed by atoms with Crippen molar-refractivity contribution in [3.8, 4) is 6.01 Å². The summed E-state index contributed by atoms with van der Waals surface area (Å²) in [6.45, 7) is 10.2. The first kappa shape index (κ1) is 14.9. The quantitative estimate of drug-likeness (QED) is 0.722. The van der Waals surface area contributed by atoms with E-state index in [1.807, 2.05) is 13.1 Å². The van der Waals surface area contributed by atoms with Gasteiger partial charge in [0.1, 0.15) is 0 Å². The minimum atomic E-state index is 0.179. The maximum Gasteiger partial charge on any atom is 0.316 e. The summed E-state index contributed by atoms with van der Waals surface area (Å²) >= 11 is 0. The van der Waals surface area contributed by atoms with Gasteiger partial charge in [-0.2, -0.15) is 0 Å². The number of nitrogens with zero attached hydrogens (tertiary/aromatic N) is 2. The predicted octanol–water partition coefficient (Wildman–Crippen LogP) is 2.85. The fraction of sp³-hybridized carbons (Fsp3) is 0.714. The molecule has 0 saturated carbocycles. The van der Waals surface area contributed by atoms with E-state index in [1.54, 1.807) is 0 Å². The molecule has 1 N–H and O–H groups in total. The summed E-state index contributed by atoms with van der Waals surface area (Å²) in [6, 6.07) is 0.493. The van der Waals surface area contributed by atoms with Gasteiger partial charge in [-0.25, -0.2) is 9.97 Å². The largest absolute Gasteiger partial charge is 0.460 e. The molecular weight excluding hydrogens is 226 g/mol. The van der Waals surface area contributed by atoms with Crippen LogP contribution in [0.3, 0.4) is 0 Å². The van der Waals surface area contributed by atoms with E-state index in [2.05, 4.69) is 36.1 Å². The fourth-order valence-electron chi connectivity index (χ4n) is 1.75. The lowest BCUT2D eigenvalue weighted by atomic mass is 10.2. The maximum absolute atomic E-state index is 5.67. The smallest absolute Gasteiger partial charge is 0.316 e. The van der Waals surface area contributed by atoms with Crippen LogP contribution in [-0.4, -0.2) is 22.6 Å². The van der Waals surface area contributed by atoms with Crippen LogP contribution in [0.15, 0.2) is 6.20 Å². The third-order valence-corrected chi connectivity index (χ3v) is 2.80. The standard InChI is InChI=1S/C14H25N3O/c1-5-7-11(3)18-14-16-10-13(12(4)17-14)9-15-8-6-2/h10-11,15H,5-9H2,1-4H3. The Kier molecular flexibility index (Phi) is 6.65. The molecule has 1 aromatic rings. The summed E-state index contributed by atoms with van der Waals surface area (Å²) < 4.78 is 5.67. The number of aryl methyl sites for hydroxylation is 1. The van der Waals surface area contributed by atoms with Crippen LogP contribution in [0.4, 0.5) is 0 Å². The van der Waals surface area contributed by atoms with Gasteiger partial charge in [-0.1, -0.05) is 20.3 Å². The van der Waals surface area contributed by atoms with E-state index in [1.165, 1.54) is 0 Å². The predicted molar refractivity (Wildman–Crippen MR) is 73.8 cm³/mol. The van der Waals surface area contributed by atoms with E-state index >= 15 is 0 Å². The van der Waals surface area contributed by atoms with Crippen LogP contribution in [0, 0.1) is 6.92 Å². The first-order valence-corrected chi connectivity index (χ1v) is 6.87. The van der Waals surface area contributed by atoms with Gasteiger partial charge in [-0.3, -0.25) is 0 Å². The normalized spacial score (nSPS) is 12.4. The number of hydrogen-bond donors (Lipinski definition) is 1. The molecule has 0 spiro atoms. The molecule has 1 aromatic heterocycles. The molecule has 4 nitrogen and oxygen atoms in total. The minimum Gasteiger partial charge on any atom is -0.460 e. The molecule has 0 amide bonds. The number of rotatable bonds is 8. The van der Waals surface area contributed by atoms with E-state index in [0.717, 1.165) is 43.6 Å². The molecule has 0 aliphatic heterocycles. The third-order valence-electron chi connectivity index (χ3n) is 2.80. The molecule has 1 atom stereocenters. The number of hydrogen-bond acceptors (Lipinski definition) is 4. The van der Waals surface area contributed by atoms with E-state index in [9.17, 15) is 0 Å². The lowest BCUT2D eigenvalue weighted by Gasteiger charge is -2.13. The average molecular weight is 251 g/mol. The molecule has 0 aliphatic carbocycles. The van der Waals surface area contributed by atoms with Gasteiger partial charge >= 0.3 is 6.01 Å². The highest BCUT2D eigenvalue weighted by molar-refractivity contribution is 5.17. The molecule has 0 saturated heterocycles. The highest BCUT2D eigenvalue weighted by atomic mass is 16.5. The van der Waals surface area contributed by atoms with Crippen molar-refractivity contribution in [2.45, 2.75) is 59.6 Å². The van der Waals surface area contributed by atoms with Crippen molar-refractivity contribution in [1.29, 1.82) is 0 Å². The van der Waals surface area contributed by atoms with Crippen molar-refractivity contribution in [2.75, 3.05) is 6.54 Å². The Labute approximate surface area is 110 Å². The van der Waals surface area contributed by atoms with E-state index < -0.39 is 0 Å². The molecule has 0 aromatic carbocycles. The van der Waals surface area contributed by atoms with Crippen molar-refractivity contribution in [3.05, 3.63) is 17.5 Å². The molecule has 4 heteroatoms. The topological polar surface area (TPSA) is 47.0 Å². The van der Waals surface area contributed by atoms with Crippen molar-refractivity contribution in [2.24, 2.45) is 0 Å². The van der Waals surface area contributed by atoms with Crippen LogP contribution in [-0.2, 0) is 6.54 Å². The van der Waals surface area contributed by atoms with E-state index in [0.29, 0.717) is 6.01 Å². The van der Waals surface area contributed by atoms with Gasteiger partial charge in [-0.15, -0.1) is 0 Å². The molecule has 1 unspecified atom stereocenters. The molecule has 102 valence electrons. The van der Waals surface area contributed by atoms with Crippen LogP contribution < -0.4 is 10.1 Å². The average Bonchev–Trinajstić information content (AvgIpc) is 2.32. The maximum atomic E-state index is 5.67. The Balaban J connectivity index is 2.55. The summed E-state index contributed by atoms with van der Waals surface area (Å²) in [5, 5.41) is 3.35. The highest BCUT2D eigenvalue weighted by Crippen LogP contribution is 2.11. The summed E-state index contributed by atoms with van der Waals surface area (Å²) in [7, 11) is 0. The molecule has 18 heavy (non-hydrogen) atoms. The van der Waals surface area contributed by atoms with Crippen LogP contribution in [0.2, 0.25) is 0 Å². The van der Waals surface area contributed by atoms with Gasteiger partial charge in [0, 0.05) is 24.0 Å². The Morgan fingerprint density at radius 1 is 1.33 bits per heavy atom. The monoisotopic (exact) mass is 251 g/mol. The van der Waals surface area contributed by atoms with Gasteiger partial charge in [0.05, 0.1) is 6.10 Å². The Hall–Kier alpha value is -1.16. The fourth-order valence-corrected chi connectivity index (χ4v) is 1.75. The van der Waals surface area contributed by atoms with Crippen molar-refractivity contribution in [1.82, 2.24) is 15.3 Å². The molecular formula is C14H25N3O. The number of nitrogens with one attached hydrogen (secondary N) is 1. The number of ether oxygens (including phenoxy) is 1. The van der Waals surface area contributed by atoms with Crippen LogP contribution >= 0.6 is 0 Å². The summed E-state index contributed by atoms with van der Waals surface area (Å²) in [5.74, 6) is 0. The second kappa shape index (κ2) is 8.03. The second-order valence-corrected chi connectivity index (χ2v) is 4.66. The Morgan fingerprint density at radius 3 is 2.72 bits per heavy atom. The highest BCUT2D eigenvalue weighted by Gasteiger charge is 2.07. The van der Waals surface area contributed by atoms with Gasteiger partial charge in [0.25, 0.3) is 0 Å². The second-order valence-electron chi connectivity index (χ2n) is 4.66. The Morgan fingerprint density at radius 2 is 2.11 bits per heavy atom. The SMILES string of the molecule is CCCNCc1cnc(OC(C)CCC)nc1C. The molecule has 0 radical (unpaired) electrons. The molecule has 0 fully saturated rings. The molecule has 0 bridgehead atoms. The van der Waals surface area contributed by atoms with Crippen molar-refractivity contribution >= 4 is 0 Å². The summed E-state index contributed by atoms with van der Waals surface area (Å²) in [4.78, 5) is 8.67. The van der Waals surface area contributed by atoms with Crippen molar-refractivity contribution < 1.29 is 4.74 Å². The van der Waals surface area contributed by atoms with Crippen LogP contribution in [0.25, 0.3) is 0 Å². The van der Waals surface area contributed by atoms with Gasteiger partial charge < -0.3 is 10.1 Å². The zero-order valence-electron chi connectivity index (χ0n) is 12.0. The lowest BCUT2D eigenvalue weighted by Crippen LogP contribution is -2.17. The lowest BCUT2D eigenvalue weighted by molar-refractivity contribution is 0.192. The van der Waals surface area contributed by atoms with E-state index in [4.69, 9.17) is 4.74 Å². The van der Waals surface area contributed by atoms with Crippen molar-refractivity contribution in [3.63, 3.8) is 0 Å². The summed E-state index contributed by atoms with van der Waals surface area (Å²) in [5.41, 5.74) is 2.13. The Bertz CT molecular complexity index is 355. The zero-order chi connectivity index (χ0) is 13.4. The van der Waals surface area contributed by atoms with Crippen LogP contribution in [0.1, 0.15) is 51.3 Å². The molecule has 1 rings (SSSR count). The van der Waals surface area contributed by atoms with Gasteiger partial charge in [0.15, 0.2) is 0 Å². The molecule has 0 aliphatic rings. The zero-order valence-corrected chi connectivity index (χ0v) is 12.0.